The predicted molar refractivity (Wildman–Crippen MR) is 65.5 cm³/mol. The first-order valence-electron chi connectivity index (χ1n) is 6.24. The molecular formula is C12H17N3O4. The minimum atomic E-state index is -0.517. The number of carbonyl (C=O) groups is 2. The van der Waals surface area contributed by atoms with Crippen LogP contribution >= 0.6 is 0 Å². The van der Waals surface area contributed by atoms with Gasteiger partial charge in [-0.3, -0.25) is 4.79 Å². The van der Waals surface area contributed by atoms with E-state index in [1.165, 1.54) is 0 Å². The van der Waals surface area contributed by atoms with Crippen molar-refractivity contribution < 1.29 is 18.8 Å². The van der Waals surface area contributed by atoms with Gasteiger partial charge in [-0.05, 0) is 13.8 Å². The fourth-order valence-corrected chi connectivity index (χ4v) is 1.94. The molecule has 2 rings (SSSR count). The zero-order valence-corrected chi connectivity index (χ0v) is 11.1. The maximum absolute atomic E-state index is 11.7. The summed E-state index contributed by atoms with van der Waals surface area (Å²) < 4.78 is 9.96. The number of ether oxygens (including phenoxy) is 1. The number of amides is 1. The van der Waals surface area contributed by atoms with Gasteiger partial charge in [0.15, 0.2) is 5.69 Å². The normalized spacial score (nSPS) is 15.7. The zero-order valence-electron chi connectivity index (χ0n) is 11.1. The Morgan fingerprint density at radius 1 is 1.58 bits per heavy atom. The first kappa shape index (κ1) is 13.5. The first-order chi connectivity index (χ1) is 9.13. The molecule has 19 heavy (non-hydrogen) atoms. The number of nitrogens with zero attached hydrogens (tertiary/aromatic N) is 2. The molecule has 0 aromatic carbocycles. The van der Waals surface area contributed by atoms with Crippen molar-refractivity contribution in [3.8, 4) is 0 Å². The number of aromatic nitrogens is 1. The highest BCUT2D eigenvalue weighted by atomic mass is 16.5. The maximum atomic E-state index is 11.7. The summed E-state index contributed by atoms with van der Waals surface area (Å²) in [5.74, 6) is 0.0213. The van der Waals surface area contributed by atoms with Crippen LogP contribution in [0.1, 0.15) is 28.7 Å². The lowest BCUT2D eigenvalue weighted by atomic mass is 10.1. The Kier molecular flexibility index (Phi) is 4.16. The van der Waals surface area contributed by atoms with Gasteiger partial charge < -0.3 is 19.5 Å². The van der Waals surface area contributed by atoms with Crippen LogP contribution in [0.2, 0.25) is 0 Å². The van der Waals surface area contributed by atoms with Crippen LogP contribution < -0.4 is 5.32 Å². The zero-order chi connectivity index (χ0) is 13.8. The third-order valence-corrected chi connectivity index (χ3v) is 2.99. The highest BCUT2D eigenvalue weighted by Crippen LogP contribution is 2.17. The lowest BCUT2D eigenvalue weighted by Crippen LogP contribution is -2.47. The van der Waals surface area contributed by atoms with E-state index in [0.29, 0.717) is 31.0 Å². The van der Waals surface area contributed by atoms with Gasteiger partial charge in [-0.1, -0.05) is 5.16 Å². The summed E-state index contributed by atoms with van der Waals surface area (Å²) in [7, 11) is 0. The summed E-state index contributed by atoms with van der Waals surface area (Å²) in [6.07, 6.45) is 0. The molecule has 1 fully saturated rings. The highest BCUT2D eigenvalue weighted by Gasteiger charge is 2.25. The summed E-state index contributed by atoms with van der Waals surface area (Å²) in [6.45, 7) is 5.71. The number of carbonyl (C=O) groups excluding carboxylic acids is 2. The Morgan fingerprint density at radius 2 is 2.37 bits per heavy atom. The van der Waals surface area contributed by atoms with Crippen LogP contribution in [0.4, 0.5) is 0 Å². The van der Waals surface area contributed by atoms with Crippen LogP contribution in [-0.4, -0.2) is 48.2 Å². The van der Waals surface area contributed by atoms with Crippen molar-refractivity contribution >= 4 is 11.9 Å². The molecule has 0 bridgehead atoms. The smallest absolute Gasteiger partial charge is 0.360 e. The Hall–Kier alpha value is -1.89. The molecule has 0 unspecified atom stereocenters. The van der Waals surface area contributed by atoms with Crippen LogP contribution in [0.5, 0.6) is 0 Å². The molecule has 0 radical (unpaired) electrons. The van der Waals surface area contributed by atoms with Gasteiger partial charge in [0.25, 0.3) is 0 Å². The van der Waals surface area contributed by atoms with E-state index in [2.05, 4.69) is 10.5 Å². The molecular weight excluding hydrogens is 250 g/mol. The number of piperazine rings is 1. The van der Waals surface area contributed by atoms with Crippen LogP contribution in [0.3, 0.4) is 0 Å². The Labute approximate surface area is 110 Å². The van der Waals surface area contributed by atoms with Crippen LogP contribution in [0.25, 0.3) is 0 Å². The van der Waals surface area contributed by atoms with E-state index < -0.39 is 5.97 Å². The Balaban J connectivity index is 2.17. The number of rotatable bonds is 4. The van der Waals surface area contributed by atoms with Gasteiger partial charge in [0.1, 0.15) is 5.76 Å². The van der Waals surface area contributed by atoms with Crippen LogP contribution in [0.15, 0.2) is 4.52 Å². The van der Waals surface area contributed by atoms with E-state index >= 15 is 0 Å². The quantitative estimate of drug-likeness (QED) is 0.778. The van der Waals surface area contributed by atoms with Crippen molar-refractivity contribution in [3.63, 3.8) is 0 Å². The molecule has 7 nitrogen and oxygen atoms in total. The number of aryl methyl sites for hydroxylation is 1. The fraction of sp³-hybridized carbons (Fsp3) is 0.583. The third-order valence-electron chi connectivity index (χ3n) is 2.99. The number of esters is 1. The van der Waals surface area contributed by atoms with E-state index in [4.69, 9.17) is 9.26 Å². The van der Waals surface area contributed by atoms with Crippen molar-refractivity contribution in [2.45, 2.75) is 20.4 Å². The monoisotopic (exact) mass is 267 g/mol. The van der Waals surface area contributed by atoms with Gasteiger partial charge in [0, 0.05) is 18.7 Å². The molecule has 0 spiro atoms. The lowest BCUT2D eigenvalue weighted by molar-refractivity contribution is -0.132. The Morgan fingerprint density at radius 3 is 3.05 bits per heavy atom. The molecule has 1 aliphatic heterocycles. The van der Waals surface area contributed by atoms with E-state index in [1.54, 1.807) is 18.7 Å². The SMILES string of the molecule is CCOC(=O)c1noc(C)c1CN1CCNCC1=O. The number of hydrogen-bond donors (Lipinski definition) is 1. The van der Waals surface area contributed by atoms with Gasteiger partial charge in [-0.2, -0.15) is 0 Å². The van der Waals surface area contributed by atoms with E-state index in [1.807, 2.05) is 0 Å². The highest BCUT2D eigenvalue weighted by molar-refractivity contribution is 5.89. The third kappa shape index (κ3) is 2.93. The minimum Gasteiger partial charge on any atom is -0.461 e. The van der Waals surface area contributed by atoms with E-state index in [-0.39, 0.29) is 18.2 Å². The van der Waals surface area contributed by atoms with Crippen molar-refractivity contribution in [1.29, 1.82) is 0 Å². The van der Waals surface area contributed by atoms with E-state index in [9.17, 15) is 9.59 Å². The average molecular weight is 267 g/mol. The first-order valence-corrected chi connectivity index (χ1v) is 6.24. The van der Waals surface area contributed by atoms with Gasteiger partial charge in [-0.25, -0.2) is 4.79 Å². The van der Waals surface area contributed by atoms with Gasteiger partial charge in [-0.15, -0.1) is 0 Å². The summed E-state index contributed by atoms with van der Waals surface area (Å²) in [5.41, 5.74) is 0.777. The van der Waals surface area contributed by atoms with Gasteiger partial charge in [0.2, 0.25) is 5.91 Å². The van der Waals surface area contributed by atoms with E-state index in [0.717, 1.165) is 6.54 Å². The maximum Gasteiger partial charge on any atom is 0.360 e. The average Bonchev–Trinajstić information content (AvgIpc) is 2.74. The van der Waals surface area contributed by atoms with Crippen molar-refractivity contribution in [1.82, 2.24) is 15.4 Å². The molecule has 1 N–H and O–H groups in total. The Bertz CT molecular complexity index is 483. The molecule has 1 saturated heterocycles. The molecule has 1 aromatic heterocycles. The molecule has 0 atom stereocenters. The second-order valence-corrected chi connectivity index (χ2v) is 4.28. The molecule has 7 heteroatoms. The molecule has 1 aliphatic rings. The lowest BCUT2D eigenvalue weighted by Gasteiger charge is -2.27. The van der Waals surface area contributed by atoms with Gasteiger partial charge >= 0.3 is 5.97 Å². The van der Waals surface area contributed by atoms with Crippen molar-refractivity contribution in [3.05, 3.63) is 17.0 Å². The molecule has 104 valence electrons. The predicted octanol–water partition coefficient (Wildman–Crippen LogP) is 0.0915. The summed E-state index contributed by atoms with van der Waals surface area (Å²) >= 11 is 0. The topological polar surface area (TPSA) is 84.7 Å². The van der Waals surface area contributed by atoms with Gasteiger partial charge in [0.05, 0.1) is 19.7 Å². The fourth-order valence-electron chi connectivity index (χ4n) is 1.94. The molecule has 1 aromatic rings. The molecule has 0 saturated carbocycles. The summed E-state index contributed by atoms with van der Waals surface area (Å²) in [6, 6.07) is 0. The molecule has 1 amide bonds. The molecule has 0 aliphatic carbocycles. The molecule has 2 heterocycles. The second-order valence-electron chi connectivity index (χ2n) is 4.28. The number of hydrogen-bond acceptors (Lipinski definition) is 6. The minimum absolute atomic E-state index is 0.00154. The largest absolute Gasteiger partial charge is 0.461 e. The van der Waals surface area contributed by atoms with Crippen molar-refractivity contribution in [2.24, 2.45) is 0 Å². The number of nitrogens with one attached hydrogen (secondary N) is 1. The van der Waals surface area contributed by atoms with Crippen LogP contribution in [0, 0.1) is 6.92 Å². The van der Waals surface area contributed by atoms with Crippen molar-refractivity contribution in [2.75, 3.05) is 26.2 Å². The summed E-state index contributed by atoms with van der Waals surface area (Å²) in [5, 5.41) is 6.72. The second kappa shape index (κ2) is 5.83. The standard InChI is InChI=1S/C12H17N3O4/c1-3-18-12(17)11-9(8(2)19-14-11)7-15-5-4-13-6-10(15)16/h13H,3-7H2,1-2H3. The van der Waals surface area contributed by atoms with Crippen LogP contribution in [-0.2, 0) is 16.1 Å². The summed E-state index contributed by atoms with van der Waals surface area (Å²) in [4.78, 5) is 25.2.